The first kappa shape index (κ1) is 10.4. The molecule has 15 heavy (non-hydrogen) atoms. The normalized spacial score (nSPS) is 10.5. The van der Waals surface area contributed by atoms with E-state index in [1.54, 1.807) is 28.8 Å². The molecule has 0 spiro atoms. The third-order valence-electron chi connectivity index (χ3n) is 1.74. The number of aryl methyl sites for hydroxylation is 1. The van der Waals surface area contributed by atoms with Gasteiger partial charge in [-0.05, 0) is 0 Å². The number of rotatable bonds is 3. The van der Waals surface area contributed by atoms with Gasteiger partial charge in [-0.1, -0.05) is 11.6 Å². The molecule has 0 saturated carbocycles. The molecule has 0 amide bonds. The van der Waals surface area contributed by atoms with E-state index in [-0.39, 0.29) is 0 Å². The summed E-state index contributed by atoms with van der Waals surface area (Å²) in [4.78, 5) is 9.24. The highest BCUT2D eigenvalue weighted by molar-refractivity contribution is 7.98. The van der Waals surface area contributed by atoms with Gasteiger partial charge >= 0.3 is 0 Å². The van der Waals surface area contributed by atoms with Crippen LogP contribution >= 0.6 is 23.4 Å². The van der Waals surface area contributed by atoms with Crippen molar-refractivity contribution in [2.75, 3.05) is 0 Å². The molecule has 2 aromatic rings. The molecule has 0 saturated heterocycles. The zero-order chi connectivity index (χ0) is 10.7. The topological polar surface area (TPSA) is 43.6 Å². The zero-order valence-corrected chi connectivity index (χ0v) is 9.66. The average molecular weight is 241 g/mol. The molecule has 78 valence electrons. The highest BCUT2D eigenvalue weighted by Gasteiger charge is 2.00. The Hall–Kier alpha value is -1.07. The molecule has 0 bridgehead atoms. The van der Waals surface area contributed by atoms with Crippen molar-refractivity contribution in [3.05, 3.63) is 35.6 Å². The highest BCUT2D eigenvalue weighted by Crippen LogP contribution is 2.20. The first-order chi connectivity index (χ1) is 7.24. The fraction of sp³-hybridized carbons (Fsp3) is 0.222. The third-order valence-corrected chi connectivity index (χ3v) is 2.92. The van der Waals surface area contributed by atoms with Crippen LogP contribution < -0.4 is 0 Å². The van der Waals surface area contributed by atoms with Gasteiger partial charge < -0.3 is 0 Å². The third kappa shape index (κ3) is 2.94. The second kappa shape index (κ2) is 4.63. The standard InChI is InChI=1S/C9H9ClN4S/c1-14-5-8(3-13-14)15-6-7-2-12-9(10)4-11-7/h2-5H,6H2,1H3. The Morgan fingerprint density at radius 3 is 2.80 bits per heavy atom. The van der Waals surface area contributed by atoms with E-state index in [4.69, 9.17) is 11.6 Å². The van der Waals surface area contributed by atoms with E-state index in [1.807, 2.05) is 19.4 Å². The van der Waals surface area contributed by atoms with Crippen molar-refractivity contribution in [3.8, 4) is 0 Å². The van der Waals surface area contributed by atoms with Gasteiger partial charge in [0.25, 0.3) is 0 Å². The van der Waals surface area contributed by atoms with Crippen LogP contribution in [0.4, 0.5) is 0 Å². The lowest BCUT2D eigenvalue weighted by Crippen LogP contribution is -1.88. The summed E-state index contributed by atoms with van der Waals surface area (Å²) in [5.74, 6) is 0.774. The van der Waals surface area contributed by atoms with Crippen LogP contribution in [0, 0.1) is 0 Å². The number of hydrogen-bond acceptors (Lipinski definition) is 4. The fourth-order valence-corrected chi connectivity index (χ4v) is 1.95. The fourth-order valence-electron chi connectivity index (χ4n) is 1.04. The van der Waals surface area contributed by atoms with Crippen molar-refractivity contribution in [2.45, 2.75) is 10.6 Å². The first-order valence-corrected chi connectivity index (χ1v) is 5.68. The monoisotopic (exact) mass is 240 g/mol. The molecule has 0 atom stereocenters. The van der Waals surface area contributed by atoms with Gasteiger partial charge in [0.05, 0.1) is 24.3 Å². The van der Waals surface area contributed by atoms with Gasteiger partial charge in [-0.2, -0.15) is 5.10 Å². The van der Waals surface area contributed by atoms with Crippen molar-refractivity contribution in [1.29, 1.82) is 0 Å². The van der Waals surface area contributed by atoms with E-state index in [2.05, 4.69) is 15.1 Å². The van der Waals surface area contributed by atoms with E-state index in [0.29, 0.717) is 5.15 Å². The van der Waals surface area contributed by atoms with Gasteiger partial charge in [0.2, 0.25) is 0 Å². The second-order valence-electron chi connectivity index (χ2n) is 2.97. The summed E-state index contributed by atoms with van der Waals surface area (Å²) in [6.45, 7) is 0. The summed E-state index contributed by atoms with van der Waals surface area (Å²) in [6, 6.07) is 0. The molecule has 2 heterocycles. The Kier molecular flexibility index (Phi) is 3.23. The minimum atomic E-state index is 0.421. The predicted octanol–water partition coefficient (Wildman–Crippen LogP) is 2.16. The van der Waals surface area contributed by atoms with E-state index in [1.165, 1.54) is 0 Å². The maximum absolute atomic E-state index is 5.64. The zero-order valence-electron chi connectivity index (χ0n) is 8.09. The molecule has 0 aliphatic rings. The molecule has 4 nitrogen and oxygen atoms in total. The minimum Gasteiger partial charge on any atom is -0.275 e. The predicted molar refractivity (Wildman–Crippen MR) is 59.8 cm³/mol. The van der Waals surface area contributed by atoms with Crippen molar-refractivity contribution in [1.82, 2.24) is 19.7 Å². The molecule has 2 rings (SSSR count). The average Bonchev–Trinajstić information content (AvgIpc) is 2.64. The van der Waals surface area contributed by atoms with Gasteiger partial charge in [-0.25, -0.2) is 4.98 Å². The largest absolute Gasteiger partial charge is 0.275 e. The molecule has 2 aromatic heterocycles. The Balaban J connectivity index is 1.96. The summed E-state index contributed by atoms with van der Waals surface area (Å²) in [6.07, 6.45) is 7.04. The van der Waals surface area contributed by atoms with E-state index in [0.717, 1.165) is 16.3 Å². The van der Waals surface area contributed by atoms with Crippen LogP contribution in [0.3, 0.4) is 0 Å². The Morgan fingerprint density at radius 2 is 2.20 bits per heavy atom. The molecular weight excluding hydrogens is 232 g/mol. The highest BCUT2D eigenvalue weighted by atomic mass is 35.5. The Bertz CT molecular complexity index is 440. The molecular formula is C9H9ClN4S. The van der Waals surface area contributed by atoms with Gasteiger partial charge in [-0.3, -0.25) is 9.67 Å². The summed E-state index contributed by atoms with van der Waals surface area (Å²) < 4.78 is 1.77. The summed E-state index contributed by atoms with van der Waals surface area (Å²) in [5.41, 5.74) is 0.910. The van der Waals surface area contributed by atoms with Gasteiger partial charge in [0.1, 0.15) is 5.15 Å². The van der Waals surface area contributed by atoms with Gasteiger partial charge in [0.15, 0.2) is 0 Å². The summed E-state index contributed by atoms with van der Waals surface area (Å²) in [7, 11) is 1.89. The quantitative estimate of drug-likeness (QED) is 0.772. The van der Waals surface area contributed by atoms with Gasteiger partial charge in [-0.15, -0.1) is 11.8 Å². The molecule has 6 heteroatoms. The molecule has 0 aliphatic heterocycles. The molecule has 0 unspecified atom stereocenters. The van der Waals surface area contributed by atoms with Crippen LogP contribution in [0.25, 0.3) is 0 Å². The number of aromatic nitrogens is 4. The van der Waals surface area contributed by atoms with Crippen LogP contribution in [-0.2, 0) is 12.8 Å². The second-order valence-corrected chi connectivity index (χ2v) is 4.40. The van der Waals surface area contributed by atoms with Crippen LogP contribution in [-0.4, -0.2) is 19.7 Å². The Morgan fingerprint density at radius 1 is 1.33 bits per heavy atom. The Labute approximate surface area is 96.7 Å². The van der Waals surface area contributed by atoms with E-state index in [9.17, 15) is 0 Å². The lowest BCUT2D eigenvalue weighted by Gasteiger charge is -1.97. The number of thioether (sulfide) groups is 1. The SMILES string of the molecule is Cn1cc(SCc2cnc(Cl)cn2)cn1. The maximum Gasteiger partial charge on any atom is 0.147 e. The maximum atomic E-state index is 5.64. The van der Waals surface area contributed by atoms with Crippen molar-refractivity contribution in [2.24, 2.45) is 7.05 Å². The van der Waals surface area contributed by atoms with Crippen molar-refractivity contribution < 1.29 is 0 Å². The van der Waals surface area contributed by atoms with Crippen molar-refractivity contribution >= 4 is 23.4 Å². The van der Waals surface area contributed by atoms with E-state index >= 15 is 0 Å². The molecule has 0 fully saturated rings. The van der Waals surface area contributed by atoms with Gasteiger partial charge in [0, 0.05) is 23.9 Å². The molecule has 0 aromatic carbocycles. The van der Waals surface area contributed by atoms with E-state index < -0.39 is 0 Å². The molecule has 0 aliphatic carbocycles. The molecule has 0 N–H and O–H groups in total. The smallest absolute Gasteiger partial charge is 0.147 e. The van der Waals surface area contributed by atoms with Crippen LogP contribution in [0.15, 0.2) is 29.7 Å². The van der Waals surface area contributed by atoms with Crippen LogP contribution in [0.5, 0.6) is 0 Å². The minimum absolute atomic E-state index is 0.421. The first-order valence-electron chi connectivity index (χ1n) is 4.32. The number of nitrogens with zero attached hydrogens (tertiary/aromatic N) is 4. The summed E-state index contributed by atoms with van der Waals surface area (Å²) >= 11 is 7.31. The molecule has 0 radical (unpaired) electrons. The summed E-state index contributed by atoms with van der Waals surface area (Å²) in [5, 5.41) is 4.50. The van der Waals surface area contributed by atoms with Crippen molar-refractivity contribution in [3.63, 3.8) is 0 Å². The van der Waals surface area contributed by atoms with Crippen LogP contribution in [0.1, 0.15) is 5.69 Å². The lowest BCUT2D eigenvalue weighted by atomic mass is 10.5. The number of halogens is 1. The number of hydrogen-bond donors (Lipinski definition) is 0. The van der Waals surface area contributed by atoms with Crippen LogP contribution in [0.2, 0.25) is 5.15 Å². The lowest BCUT2D eigenvalue weighted by molar-refractivity contribution is 0.766.